The van der Waals surface area contributed by atoms with Crippen LogP contribution in [-0.4, -0.2) is 50.9 Å². The van der Waals surface area contributed by atoms with E-state index in [0.29, 0.717) is 12.2 Å². The number of hydrogen-bond donors (Lipinski definition) is 1. The number of carbonyl (C=O) groups is 2. The van der Waals surface area contributed by atoms with Gasteiger partial charge in [0, 0.05) is 12.6 Å². The number of carbonyl (C=O) groups excluding carboxylic acids is 2. The molecule has 0 aromatic heterocycles. The topological polar surface area (TPSA) is 96.0 Å². The molecule has 0 aliphatic heterocycles. The van der Waals surface area contributed by atoms with Crippen LogP contribution in [0.15, 0.2) is 77.7 Å². The summed E-state index contributed by atoms with van der Waals surface area (Å²) in [6.07, 6.45) is 4.23. The van der Waals surface area contributed by atoms with Gasteiger partial charge in [0.25, 0.3) is 10.0 Å². The van der Waals surface area contributed by atoms with E-state index in [9.17, 15) is 22.4 Å². The first kappa shape index (κ1) is 31.0. The minimum atomic E-state index is -4.26. The molecule has 1 saturated carbocycles. The molecule has 3 aromatic carbocycles. The van der Waals surface area contributed by atoms with Crippen LogP contribution < -0.4 is 14.4 Å². The zero-order valence-corrected chi connectivity index (χ0v) is 25.1. The number of rotatable bonds is 12. The van der Waals surface area contributed by atoms with Crippen molar-refractivity contribution in [3.63, 3.8) is 0 Å². The molecule has 0 heterocycles. The number of anilines is 1. The Kier molecular flexibility index (Phi) is 10.2. The molecule has 2 amide bonds. The van der Waals surface area contributed by atoms with Gasteiger partial charge in [0.15, 0.2) is 0 Å². The molecule has 0 radical (unpaired) electrons. The van der Waals surface area contributed by atoms with Crippen LogP contribution in [0, 0.1) is 12.7 Å². The van der Waals surface area contributed by atoms with Gasteiger partial charge < -0.3 is 15.0 Å². The Balaban J connectivity index is 1.70. The molecule has 1 aliphatic rings. The second-order valence-electron chi connectivity index (χ2n) is 10.6. The van der Waals surface area contributed by atoms with Gasteiger partial charge in [0.2, 0.25) is 11.8 Å². The highest BCUT2D eigenvalue weighted by atomic mass is 32.2. The summed E-state index contributed by atoms with van der Waals surface area (Å²) in [4.78, 5) is 29.0. The zero-order chi connectivity index (χ0) is 30.3. The maximum Gasteiger partial charge on any atom is 0.264 e. The molecule has 0 unspecified atom stereocenters. The van der Waals surface area contributed by atoms with Crippen LogP contribution >= 0.6 is 0 Å². The number of methoxy groups -OCH3 is 1. The molecule has 0 spiro atoms. The van der Waals surface area contributed by atoms with Crippen molar-refractivity contribution in [2.24, 2.45) is 0 Å². The Morgan fingerprint density at radius 3 is 2.17 bits per heavy atom. The van der Waals surface area contributed by atoms with Crippen LogP contribution in [0.25, 0.3) is 0 Å². The van der Waals surface area contributed by atoms with Crippen LogP contribution in [0.4, 0.5) is 10.1 Å². The predicted molar refractivity (Wildman–Crippen MR) is 160 cm³/mol. The maximum absolute atomic E-state index is 14.1. The summed E-state index contributed by atoms with van der Waals surface area (Å²) >= 11 is 0. The van der Waals surface area contributed by atoms with E-state index < -0.39 is 34.3 Å². The third-order valence-corrected chi connectivity index (χ3v) is 9.39. The standard InChI is InChI=1S/C32H38FN3O5S/c1-4-30(32(38)34-26-7-5-6-8-26)35(21-24-11-9-23(2)10-12-24)31(37)22-36(27-15-13-25(33)14-16-27)42(39,40)29-19-17-28(41-3)18-20-29/h9-20,26,30H,4-8,21-22H2,1-3H3,(H,34,38)/t30-/m1/s1. The molecule has 3 aromatic rings. The quantitative estimate of drug-likeness (QED) is 0.310. The fourth-order valence-electron chi connectivity index (χ4n) is 5.19. The molecule has 0 saturated heterocycles. The van der Waals surface area contributed by atoms with Gasteiger partial charge in [-0.25, -0.2) is 12.8 Å². The van der Waals surface area contributed by atoms with Gasteiger partial charge in [-0.1, -0.05) is 49.6 Å². The van der Waals surface area contributed by atoms with Crippen LogP contribution in [0.2, 0.25) is 0 Å². The second-order valence-corrected chi connectivity index (χ2v) is 12.4. The summed E-state index contributed by atoms with van der Waals surface area (Å²) < 4.78 is 47.8. The highest BCUT2D eigenvalue weighted by Gasteiger charge is 2.34. The molecule has 4 rings (SSSR count). The van der Waals surface area contributed by atoms with Crippen molar-refractivity contribution in [1.29, 1.82) is 0 Å². The molecular weight excluding hydrogens is 557 g/mol. The third-order valence-electron chi connectivity index (χ3n) is 7.60. The van der Waals surface area contributed by atoms with E-state index in [1.807, 2.05) is 38.1 Å². The van der Waals surface area contributed by atoms with Crippen molar-refractivity contribution >= 4 is 27.5 Å². The Hall–Kier alpha value is -3.92. The van der Waals surface area contributed by atoms with Gasteiger partial charge in [-0.15, -0.1) is 0 Å². The molecule has 224 valence electrons. The zero-order valence-electron chi connectivity index (χ0n) is 24.3. The lowest BCUT2D eigenvalue weighted by Gasteiger charge is -2.33. The molecule has 1 fully saturated rings. The number of sulfonamides is 1. The van der Waals surface area contributed by atoms with Gasteiger partial charge in [0.1, 0.15) is 24.2 Å². The number of hydrogen-bond acceptors (Lipinski definition) is 5. The van der Waals surface area contributed by atoms with Crippen molar-refractivity contribution in [1.82, 2.24) is 10.2 Å². The minimum Gasteiger partial charge on any atom is -0.497 e. The summed E-state index contributed by atoms with van der Waals surface area (Å²) in [5, 5.41) is 3.10. The van der Waals surface area contributed by atoms with E-state index in [4.69, 9.17) is 4.74 Å². The number of ether oxygens (including phenoxy) is 1. The fourth-order valence-corrected chi connectivity index (χ4v) is 6.60. The average molecular weight is 596 g/mol. The summed E-state index contributed by atoms with van der Waals surface area (Å²) in [6.45, 7) is 3.33. The van der Waals surface area contributed by atoms with Gasteiger partial charge in [-0.05, 0) is 80.3 Å². The fraction of sp³-hybridized carbons (Fsp3) is 0.375. The third kappa shape index (κ3) is 7.47. The minimum absolute atomic E-state index is 0.0588. The SMILES string of the molecule is CC[C@H](C(=O)NC1CCCC1)N(Cc1ccc(C)cc1)C(=O)CN(c1ccc(F)cc1)S(=O)(=O)c1ccc(OC)cc1. The first-order valence-corrected chi connectivity index (χ1v) is 15.6. The first-order chi connectivity index (χ1) is 20.1. The molecule has 8 nitrogen and oxygen atoms in total. The Labute approximate surface area is 247 Å². The van der Waals surface area contributed by atoms with Crippen molar-refractivity contribution in [3.8, 4) is 5.75 Å². The van der Waals surface area contributed by atoms with Crippen LogP contribution in [0.1, 0.15) is 50.2 Å². The predicted octanol–water partition coefficient (Wildman–Crippen LogP) is 5.20. The van der Waals surface area contributed by atoms with E-state index in [2.05, 4.69) is 5.32 Å². The lowest BCUT2D eigenvalue weighted by molar-refractivity contribution is -0.140. The molecule has 1 aliphatic carbocycles. The Morgan fingerprint density at radius 1 is 0.976 bits per heavy atom. The number of halogens is 1. The lowest BCUT2D eigenvalue weighted by atomic mass is 10.1. The summed E-state index contributed by atoms with van der Waals surface area (Å²) in [6, 6.07) is 17.6. The van der Waals surface area contributed by atoms with E-state index in [-0.39, 0.29) is 29.1 Å². The number of aryl methyl sites for hydroxylation is 1. The van der Waals surface area contributed by atoms with Gasteiger partial charge in [-0.3, -0.25) is 13.9 Å². The smallest absolute Gasteiger partial charge is 0.264 e. The Bertz CT molecular complexity index is 1460. The maximum atomic E-state index is 14.1. The summed E-state index contributed by atoms with van der Waals surface area (Å²) in [5.74, 6) is -0.870. The Morgan fingerprint density at radius 2 is 1.60 bits per heavy atom. The number of nitrogens with one attached hydrogen (secondary N) is 1. The van der Waals surface area contributed by atoms with E-state index in [1.165, 1.54) is 48.4 Å². The molecular formula is C32H38FN3O5S. The number of amides is 2. The van der Waals surface area contributed by atoms with E-state index in [0.717, 1.165) is 53.2 Å². The van der Waals surface area contributed by atoms with E-state index in [1.54, 1.807) is 0 Å². The molecule has 10 heteroatoms. The molecule has 42 heavy (non-hydrogen) atoms. The normalized spacial score (nSPS) is 14.3. The molecule has 1 N–H and O–H groups in total. The monoisotopic (exact) mass is 595 g/mol. The van der Waals surface area contributed by atoms with Crippen LogP contribution in [-0.2, 0) is 26.2 Å². The van der Waals surface area contributed by atoms with Crippen LogP contribution in [0.3, 0.4) is 0 Å². The first-order valence-electron chi connectivity index (χ1n) is 14.2. The number of benzene rings is 3. The highest BCUT2D eigenvalue weighted by Crippen LogP contribution is 2.27. The van der Waals surface area contributed by atoms with Crippen molar-refractivity contribution < 1.29 is 27.1 Å². The lowest BCUT2D eigenvalue weighted by Crippen LogP contribution is -2.53. The highest BCUT2D eigenvalue weighted by molar-refractivity contribution is 7.92. The van der Waals surface area contributed by atoms with Crippen molar-refractivity contribution in [3.05, 3.63) is 89.7 Å². The van der Waals surface area contributed by atoms with Gasteiger partial charge in [-0.2, -0.15) is 0 Å². The summed E-state index contributed by atoms with van der Waals surface area (Å²) in [5.41, 5.74) is 1.99. The van der Waals surface area contributed by atoms with Gasteiger partial charge >= 0.3 is 0 Å². The van der Waals surface area contributed by atoms with Crippen molar-refractivity contribution in [2.45, 2.75) is 69.5 Å². The largest absolute Gasteiger partial charge is 0.497 e. The second kappa shape index (κ2) is 13.8. The molecule has 0 bridgehead atoms. The summed E-state index contributed by atoms with van der Waals surface area (Å²) in [7, 11) is -2.79. The average Bonchev–Trinajstić information content (AvgIpc) is 3.50. The number of nitrogens with zero attached hydrogens (tertiary/aromatic N) is 2. The van der Waals surface area contributed by atoms with Gasteiger partial charge in [0.05, 0.1) is 17.7 Å². The molecule has 1 atom stereocenters. The van der Waals surface area contributed by atoms with Crippen molar-refractivity contribution in [2.75, 3.05) is 18.0 Å². The van der Waals surface area contributed by atoms with Crippen LogP contribution in [0.5, 0.6) is 5.75 Å². The van der Waals surface area contributed by atoms with E-state index >= 15 is 0 Å².